The summed E-state index contributed by atoms with van der Waals surface area (Å²) in [6, 6.07) is 6.07. The van der Waals surface area contributed by atoms with Crippen molar-refractivity contribution in [2.24, 2.45) is 10.7 Å². The molecule has 4 heteroatoms. The van der Waals surface area contributed by atoms with E-state index in [1.807, 2.05) is 6.07 Å². The summed E-state index contributed by atoms with van der Waals surface area (Å²) in [5.41, 5.74) is 5.04. The van der Waals surface area contributed by atoms with Crippen LogP contribution in [-0.2, 0) is 9.59 Å². The Morgan fingerprint density at radius 1 is 1.36 bits per heavy atom. The highest BCUT2D eigenvalue weighted by atomic mass is 16.2. The monoisotopic (exact) mass is 188 g/mol. The minimum atomic E-state index is -1.05. The fourth-order valence-electron chi connectivity index (χ4n) is 1.37. The van der Waals surface area contributed by atoms with Crippen LogP contribution in [0.25, 0.3) is 6.08 Å². The van der Waals surface area contributed by atoms with Gasteiger partial charge in [0.1, 0.15) is 0 Å². The number of primary amides is 1. The molecular weight excluding hydrogens is 180 g/mol. The first-order valence-electron chi connectivity index (χ1n) is 4.16. The molecule has 0 spiro atoms. The summed E-state index contributed by atoms with van der Waals surface area (Å²) in [5, 5.41) is 1.37. The highest BCUT2D eigenvalue weighted by Gasteiger charge is 2.23. The number of amides is 1. The van der Waals surface area contributed by atoms with Crippen molar-refractivity contribution in [1.82, 2.24) is 0 Å². The van der Waals surface area contributed by atoms with Gasteiger partial charge in [-0.3, -0.25) is 14.6 Å². The number of hydrogen-bond acceptors (Lipinski definition) is 3. The van der Waals surface area contributed by atoms with E-state index in [2.05, 4.69) is 4.99 Å². The molecule has 0 bridgehead atoms. The van der Waals surface area contributed by atoms with Gasteiger partial charge in [0.2, 0.25) is 5.91 Å². The number of Topliss-reactive ketones (excluding diaryl/α,β-unsaturated/α-hetero) is 1. The number of ketones is 1. The Morgan fingerprint density at radius 3 is 2.79 bits per heavy atom. The summed E-state index contributed by atoms with van der Waals surface area (Å²) >= 11 is 0. The van der Waals surface area contributed by atoms with Crippen LogP contribution in [0.1, 0.15) is 0 Å². The number of carbonyl (C=O) groups is 2. The maximum absolute atomic E-state index is 11.3. The number of hydrogen-bond donors (Lipinski definition) is 1. The summed E-state index contributed by atoms with van der Waals surface area (Å²) in [5.74, 6) is -1.06. The van der Waals surface area contributed by atoms with Gasteiger partial charge in [-0.15, -0.1) is 0 Å². The van der Waals surface area contributed by atoms with Gasteiger partial charge >= 0.3 is 0 Å². The third kappa shape index (κ3) is 1.31. The van der Waals surface area contributed by atoms with Crippen LogP contribution in [0.15, 0.2) is 29.3 Å². The Balaban J connectivity index is 2.67. The Bertz CT molecular complexity index is 519. The van der Waals surface area contributed by atoms with Crippen molar-refractivity contribution >= 4 is 17.8 Å². The summed E-state index contributed by atoms with van der Waals surface area (Å²) in [6.07, 6.45) is 1.40. The number of para-hydroxylation sites is 1. The molecule has 4 nitrogen and oxygen atoms in total. The van der Waals surface area contributed by atoms with Gasteiger partial charge in [0.05, 0.1) is 5.36 Å². The molecule has 0 radical (unpaired) electrons. The first kappa shape index (κ1) is 8.62. The van der Waals surface area contributed by atoms with Crippen LogP contribution in [0, 0.1) is 0 Å². The summed E-state index contributed by atoms with van der Waals surface area (Å²) in [6.45, 7) is 0. The van der Waals surface area contributed by atoms with Gasteiger partial charge in [0.15, 0.2) is 11.8 Å². The lowest BCUT2D eigenvalue weighted by Gasteiger charge is -2.07. The van der Waals surface area contributed by atoms with E-state index in [1.165, 1.54) is 6.08 Å². The van der Waals surface area contributed by atoms with E-state index in [-0.39, 0.29) is 5.78 Å². The molecule has 14 heavy (non-hydrogen) atoms. The summed E-state index contributed by atoms with van der Waals surface area (Å²) in [4.78, 5) is 26.2. The van der Waals surface area contributed by atoms with Crippen molar-refractivity contribution in [2.75, 3.05) is 0 Å². The number of carbonyl (C=O) groups excluding carboxylic acids is 2. The number of nitrogens with zero attached hydrogens (tertiary/aromatic N) is 1. The molecule has 2 rings (SSSR count). The minimum absolute atomic E-state index is 0.351. The van der Waals surface area contributed by atoms with E-state index in [0.717, 1.165) is 5.22 Å². The zero-order chi connectivity index (χ0) is 10.1. The molecule has 1 aliphatic heterocycles. The molecule has 0 fully saturated rings. The SMILES string of the molecule is NC(=O)C1N=c2ccccc2=CC1=O. The molecule has 1 aliphatic rings. The van der Waals surface area contributed by atoms with E-state index >= 15 is 0 Å². The Labute approximate surface area is 79.8 Å². The largest absolute Gasteiger partial charge is 0.367 e. The van der Waals surface area contributed by atoms with Crippen molar-refractivity contribution in [3.63, 3.8) is 0 Å². The molecule has 1 atom stereocenters. The standard InChI is InChI=1S/C10H8N2O2/c11-10(14)9-8(13)5-6-3-1-2-4-7(6)12-9/h1-5,9H,(H2,11,14). The maximum Gasteiger partial charge on any atom is 0.250 e. The second kappa shape index (κ2) is 3.06. The fraction of sp³-hybridized carbons (Fsp3) is 0.100. The second-order valence-electron chi connectivity index (χ2n) is 3.04. The minimum Gasteiger partial charge on any atom is -0.367 e. The lowest BCUT2D eigenvalue weighted by atomic mass is 10.1. The predicted octanol–water partition coefficient (Wildman–Crippen LogP) is -1.48. The molecule has 0 aliphatic carbocycles. The predicted molar refractivity (Wildman–Crippen MR) is 49.7 cm³/mol. The Kier molecular flexibility index (Phi) is 1.89. The molecule has 0 saturated heterocycles. The average Bonchev–Trinajstić information content (AvgIpc) is 2.16. The molecule has 1 heterocycles. The molecule has 0 saturated carbocycles. The first-order chi connectivity index (χ1) is 6.68. The van der Waals surface area contributed by atoms with Crippen LogP contribution >= 0.6 is 0 Å². The van der Waals surface area contributed by atoms with Gasteiger partial charge < -0.3 is 5.73 Å². The van der Waals surface area contributed by atoms with Crippen molar-refractivity contribution < 1.29 is 9.59 Å². The second-order valence-corrected chi connectivity index (χ2v) is 3.04. The Morgan fingerprint density at radius 2 is 2.07 bits per heavy atom. The fourth-order valence-corrected chi connectivity index (χ4v) is 1.37. The number of benzene rings is 1. The highest BCUT2D eigenvalue weighted by molar-refractivity contribution is 6.19. The van der Waals surface area contributed by atoms with E-state index < -0.39 is 11.9 Å². The smallest absolute Gasteiger partial charge is 0.250 e. The molecule has 1 aromatic rings. The topological polar surface area (TPSA) is 72.5 Å². The van der Waals surface area contributed by atoms with Crippen molar-refractivity contribution in [2.45, 2.75) is 6.04 Å². The van der Waals surface area contributed by atoms with Gasteiger partial charge in [-0.2, -0.15) is 0 Å². The quantitative estimate of drug-likeness (QED) is 0.546. The molecule has 1 amide bonds. The zero-order valence-corrected chi connectivity index (χ0v) is 7.31. The van der Waals surface area contributed by atoms with Crippen molar-refractivity contribution in [1.29, 1.82) is 0 Å². The summed E-state index contributed by atoms with van der Waals surface area (Å²) < 4.78 is 0. The van der Waals surface area contributed by atoms with Crippen molar-refractivity contribution in [3.05, 3.63) is 34.8 Å². The summed E-state index contributed by atoms with van der Waals surface area (Å²) in [7, 11) is 0. The molecule has 1 aromatic carbocycles. The van der Waals surface area contributed by atoms with Crippen LogP contribution in [0.2, 0.25) is 0 Å². The number of fused-ring (bicyclic) bond motifs is 1. The Hall–Kier alpha value is -1.97. The molecule has 70 valence electrons. The van der Waals surface area contributed by atoms with Gasteiger partial charge in [-0.25, -0.2) is 0 Å². The molecule has 2 N–H and O–H groups in total. The van der Waals surface area contributed by atoms with Gasteiger partial charge in [0.25, 0.3) is 0 Å². The third-order valence-electron chi connectivity index (χ3n) is 2.04. The zero-order valence-electron chi connectivity index (χ0n) is 7.31. The normalized spacial score (nSPS) is 19.1. The molecular formula is C10H8N2O2. The maximum atomic E-state index is 11.3. The lowest BCUT2D eigenvalue weighted by Crippen LogP contribution is -2.42. The van der Waals surface area contributed by atoms with Crippen LogP contribution < -0.4 is 16.3 Å². The van der Waals surface area contributed by atoms with Crippen molar-refractivity contribution in [3.8, 4) is 0 Å². The van der Waals surface area contributed by atoms with Crippen LogP contribution in [0.4, 0.5) is 0 Å². The molecule has 1 unspecified atom stereocenters. The van der Waals surface area contributed by atoms with E-state index in [0.29, 0.717) is 5.36 Å². The van der Waals surface area contributed by atoms with Crippen LogP contribution in [-0.4, -0.2) is 17.7 Å². The number of rotatable bonds is 1. The van der Waals surface area contributed by atoms with E-state index in [4.69, 9.17) is 5.73 Å². The van der Waals surface area contributed by atoms with Gasteiger partial charge in [0, 0.05) is 5.22 Å². The third-order valence-corrected chi connectivity index (χ3v) is 2.04. The average molecular weight is 188 g/mol. The van der Waals surface area contributed by atoms with Gasteiger partial charge in [-0.05, 0) is 12.1 Å². The molecule has 0 aromatic heterocycles. The first-order valence-corrected chi connectivity index (χ1v) is 4.16. The van der Waals surface area contributed by atoms with Crippen LogP contribution in [0.5, 0.6) is 0 Å². The van der Waals surface area contributed by atoms with Gasteiger partial charge in [-0.1, -0.05) is 18.2 Å². The lowest BCUT2D eigenvalue weighted by molar-refractivity contribution is -0.125. The number of nitrogens with two attached hydrogens (primary N) is 1. The highest BCUT2D eigenvalue weighted by Crippen LogP contribution is 1.95. The van der Waals surface area contributed by atoms with E-state index in [1.54, 1.807) is 18.2 Å². The van der Waals surface area contributed by atoms with E-state index in [9.17, 15) is 9.59 Å². The van der Waals surface area contributed by atoms with Crippen LogP contribution in [0.3, 0.4) is 0 Å².